The zero-order valence-electron chi connectivity index (χ0n) is 11.4. The first-order chi connectivity index (χ1) is 8.71. The number of pyridine rings is 1. The SMILES string of the molecule is CCCc1ccc2nc(C)c(CC)c(NN)c2c1. The highest BCUT2D eigenvalue weighted by Gasteiger charge is 2.10. The van der Waals surface area contributed by atoms with E-state index in [-0.39, 0.29) is 0 Å². The minimum Gasteiger partial charge on any atom is -0.323 e. The van der Waals surface area contributed by atoms with Crippen molar-refractivity contribution in [3.63, 3.8) is 0 Å². The Bertz CT molecular complexity index is 561. The summed E-state index contributed by atoms with van der Waals surface area (Å²) in [6.07, 6.45) is 3.18. The summed E-state index contributed by atoms with van der Waals surface area (Å²) < 4.78 is 0. The molecule has 0 radical (unpaired) electrons. The molecular formula is C15H21N3. The number of benzene rings is 1. The van der Waals surface area contributed by atoms with Crippen LogP contribution in [0, 0.1) is 6.92 Å². The van der Waals surface area contributed by atoms with Crippen LogP contribution in [-0.4, -0.2) is 4.98 Å². The first-order valence-corrected chi connectivity index (χ1v) is 6.60. The van der Waals surface area contributed by atoms with E-state index in [0.29, 0.717) is 0 Å². The maximum atomic E-state index is 5.71. The Labute approximate surface area is 108 Å². The second kappa shape index (κ2) is 5.36. The fourth-order valence-corrected chi connectivity index (χ4v) is 2.51. The van der Waals surface area contributed by atoms with E-state index < -0.39 is 0 Å². The molecule has 3 nitrogen and oxygen atoms in total. The minimum atomic E-state index is 0.937. The zero-order chi connectivity index (χ0) is 13.1. The number of anilines is 1. The predicted octanol–water partition coefficient (Wildman–Crippen LogP) is 3.34. The van der Waals surface area contributed by atoms with Crippen LogP contribution in [0.2, 0.25) is 0 Å². The fourth-order valence-electron chi connectivity index (χ4n) is 2.51. The van der Waals surface area contributed by atoms with E-state index in [1.54, 1.807) is 0 Å². The molecule has 1 heterocycles. The summed E-state index contributed by atoms with van der Waals surface area (Å²) >= 11 is 0. The molecule has 0 saturated carbocycles. The summed E-state index contributed by atoms with van der Waals surface area (Å²) in [4.78, 5) is 4.66. The summed E-state index contributed by atoms with van der Waals surface area (Å²) in [6.45, 7) is 6.36. The van der Waals surface area contributed by atoms with Crippen molar-refractivity contribution in [3.05, 3.63) is 35.0 Å². The van der Waals surface area contributed by atoms with Crippen LogP contribution >= 0.6 is 0 Å². The quantitative estimate of drug-likeness (QED) is 0.639. The van der Waals surface area contributed by atoms with E-state index in [0.717, 1.165) is 41.5 Å². The summed E-state index contributed by atoms with van der Waals surface area (Å²) in [5.74, 6) is 5.71. The molecule has 0 amide bonds. The lowest BCUT2D eigenvalue weighted by Gasteiger charge is -2.14. The van der Waals surface area contributed by atoms with E-state index in [1.165, 1.54) is 11.1 Å². The van der Waals surface area contributed by atoms with Gasteiger partial charge < -0.3 is 5.43 Å². The molecule has 96 valence electrons. The Morgan fingerprint density at radius 3 is 2.67 bits per heavy atom. The van der Waals surface area contributed by atoms with Gasteiger partial charge in [0.05, 0.1) is 11.2 Å². The Morgan fingerprint density at radius 2 is 2.06 bits per heavy atom. The molecule has 3 heteroatoms. The van der Waals surface area contributed by atoms with E-state index in [4.69, 9.17) is 5.84 Å². The van der Waals surface area contributed by atoms with Crippen molar-refractivity contribution in [2.24, 2.45) is 5.84 Å². The maximum Gasteiger partial charge on any atom is 0.0726 e. The van der Waals surface area contributed by atoms with Gasteiger partial charge >= 0.3 is 0 Å². The molecule has 0 spiro atoms. The van der Waals surface area contributed by atoms with Gasteiger partial charge in [0.2, 0.25) is 0 Å². The molecular weight excluding hydrogens is 222 g/mol. The molecule has 0 bridgehead atoms. The Morgan fingerprint density at radius 1 is 1.28 bits per heavy atom. The molecule has 0 saturated heterocycles. The monoisotopic (exact) mass is 243 g/mol. The molecule has 1 aromatic carbocycles. The lowest BCUT2D eigenvalue weighted by atomic mass is 10.0. The Balaban J connectivity index is 2.70. The van der Waals surface area contributed by atoms with Crippen molar-refractivity contribution in [1.82, 2.24) is 4.98 Å². The van der Waals surface area contributed by atoms with Crippen molar-refractivity contribution < 1.29 is 0 Å². The van der Waals surface area contributed by atoms with Crippen LogP contribution in [0.3, 0.4) is 0 Å². The number of hydrazine groups is 1. The van der Waals surface area contributed by atoms with Crippen molar-refractivity contribution >= 4 is 16.6 Å². The smallest absolute Gasteiger partial charge is 0.0726 e. The number of rotatable bonds is 4. The fraction of sp³-hybridized carbons (Fsp3) is 0.400. The van der Waals surface area contributed by atoms with E-state index in [9.17, 15) is 0 Å². The highest BCUT2D eigenvalue weighted by Crippen LogP contribution is 2.29. The number of fused-ring (bicyclic) bond motifs is 1. The van der Waals surface area contributed by atoms with Gasteiger partial charge in [0.15, 0.2) is 0 Å². The highest BCUT2D eigenvalue weighted by atomic mass is 15.2. The summed E-state index contributed by atoms with van der Waals surface area (Å²) in [6, 6.07) is 6.46. The second-order valence-electron chi connectivity index (χ2n) is 4.65. The number of hydrogen-bond acceptors (Lipinski definition) is 3. The summed E-state index contributed by atoms with van der Waals surface area (Å²) in [7, 11) is 0. The van der Waals surface area contributed by atoms with Gasteiger partial charge in [0.1, 0.15) is 0 Å². The molecule has 0 aliphatic rings. The van der Waals surface area contributed by atoms with Crippen molar-refractivity contribution in [2.75, 3.05) is 5.43 Å². The molecule has 2 aromatic rings. The average Bonchev–Trinajstić information content (AvgIpc) is 2.38. The maximum absolute atomic E-state index is 5.71. The van der Waals surface area contributed by atoms with E-state index in [2.05, 4.69) is 42.5 Å². The highest BCUT2D eigenvalue weighted by molar-refractivity contribution is 5.93. The number of aryl methyl sites for hydroxylation is 2. The van der Waals surface area contributed by atoms with Crippen LogP contribution in [0.15, 0.2) is 18.2 Å². The lowest BCUT2D eigenvalue weighted by molar-refractivity contribution is 0.923. The topological polar surface area (TPSA) is 50.9 Å². The number of nitrogens with zero attached hydrogens (tertiary/aromatic N) is 1. The van der Waals surface area contributed by atoms with Crippen molar-refractivity contribution in [1.29, 1.82) is 0 Å². The van der Waals surface area contributed by atoms with Gasteiger partial charge in [-0.3, -0.25) is 10.8 Å². The van der Waals surface area contributed by atoms with Crippen LogP contribution in [0.25, 0.3) is 10.9 Å². The molecule has 1 aromatic heterocycles. The van der Waals surface area contributed by atoms with Gasteiger partial charge in [-0.1, -0.05) is 26.3 Å². The van der Waals surface area contributed by atoms with Crippen molar-refractivity contribution in [2.45, 2.75) is 40.0 Å². The van der Waals surface area contributed by atoms with Gasteiger partial charge in [0, 0.05) is 11.1 Å². The van der Waals surface area contributed by atoms with Gasteiger partial charge in [-0.05, 0) is 43.0 Å². The Hall–Kier alpha value is -1.61. The van der Waals surface area contributed by atoms with Crippen LogP contribution in [-0.2, 0) is 12.8 Å². The largest absolute Gasteiger partial charge is 0.323 e. The van der Waals surface area contributed by atoms with Gasteiger partial charge in [-0.2, -0.15) is 0 Å². The minimum absolute atomic E-state index is 0.937. The Kier molecular flexibility index (Phi) is 3.82. The zero-order valence-corrected chi connectivity index (χ0v) is 11.4. The van der Waals surface area contributed by atoms with Gasteiger partial charge in [0.25, 0.3) is 0 Å². The molecule has 0 atom stereocenters. The van der Waals surface area contributed by atoms with Crippen LogP contribution in [0.5, 0.6) is 0 Å². The van der Waals surface area contributed by atoms with E-state index >= 15 is 0 Å². The van der Waals surface area contributed by atoms with Crippen LogP contribution in [0.4, 0.5) is 5.69 Å². The predicted molar refractivity (Wildman–Crippen MR) is 77.7 cm³/mol. The molecule has 3 N–H and O–H groups in total. The summed E-state index contributed by atoms with van der Waals surface area (Å²) in [5, 5.41) is 1.13. The lowest BCUT2D eigenvalue weighted by Crippen LogP contribution is -2.11. The first kappa shape index (κ1) is 12.8. The number of nitrogens with one attached hydrogen (secondary N) is 1. The molecule has 0 aliphatic heterocycles. The van der Waals surface area contributed by atoms with Crippen LogP contribution < -0.4 is 11.3 Å². The average molecular weight is 243 g/mol. The third-order valence-corrected chi connectivity index (χ3v) is 3.39. The molecule has 0 unspecified atom stereocenters. The van der Waals surface area contributed by atoms with Crippen molar-refractivity contribution in [3.8, 4) is 0 Å². The third-order valence-electron chi connectivity index (χ3n) is 3.39. The summed E-state index contributed by atoms with van der Waals surface area (Å²) in [5.41, 5.74) is 8.50. The molecule has 2 rings (SSSR count). The molecule has 0 fully saturated rings. The number of nitrogens with two attached hydrogens (primary N) is 1. The molecule has 0 aliphatic carbocycles. The number of nitrogen functional groups attached to an aromatic ring is 1. The van der Waals surface area contributed by atoms with E-state index in [1.807, 2.05) is 6.92 Å². The molecule has 18 heavy (non-hydrogen) atoms. The standard InChI is InChI=1S/C15H21N3/c1-4-6-11-7-8-14-13(9-11)15(18-16)12(5-2)10(3)17-14/h7-9H,4-6,16H2,1-3H3,(H,17,18). The number of aromatic nitrogens is 1. The van der Waals surface area contributed by atoms with Gasteiger partial charge in [-0.25, -0.2) is 0 Å². The van der Waals surface area contributed by atoms with Crippen LogP contribution in [0.1, 0.15) is 37.1 Å². The van der Waals surface area contributed by atoms with Gasteiger partial charge in [-0.15, -0.1) is 0 Å². The second-order valence-corrected chi connectivity index (χ2v) is 4.65. The first-order valence-electron chi connectivity index (χ1n) is 6.60. The third kappa shape index (κ3) is 2.18. The number of hydrogen-bond donors (Lipinski definition) is 2. The normalized spacial score (nSPS) is 10.9.